The molecule has 0 heterocycles. The van der Waals surface area contributed by atoms with E-state index < -0.39 is 60.2 Å². The molecule has 188 valence electrons. The number of carboxylic acid groups (broad SMARTS) is 1. The van der Waals surface area contributed by atoms with E-state index >= 15 is 0 Å². The molecular weight excluding hydrogens is 456 g/mol. The molecule has 33 heavy (non-hydrogen) atoms. The molecule has 0 aliphatic heterocycles. The number of aliphatic imine (C=N–C) groups is 1. The van der Waals surface area contributed by atoms with Gasteiger partial charge >= 0.3 is 5.97 Å². The van der Waals surface area contributed by atoms with Crippen LogP contribution in [0.5, 0.6) is 0 Å². The van der Waals surface area contributed by atoms with Crippen LogP contribution in [0.2, 0.25) is 0 Å². The van der Waals surface area contributed by atoms with Crippen LogP contribution in [-0.2, 0) is 24.0 Å². The first-order chi connectivity index (χ1) is 15.4. The number of primary amides is 1. The summed E-state index contributed by atoms with van der Waals surface area (Å²) < 4.78 is 0. The van der Waals surface area contributed by atoms with Crippen molar-refractivity contribution in [3.63, 3.8) is 0 Å². The van der Waals surface area contributed by atoms with E-state index in [0.717, 1.165) is 0 Å². The predicted molar refractivity (Wildman–Crippen MR) is 124 cm³/mol. The summed E-state index contributed by atoms with van der Waals surface area (Å²) >= 11 is 1.52. The Morgan fingerprint density at radius 3 is 2.06 bits per heavy atom. The Balaban J connectivity index is 5.17. The first-order valence-electron chi connectivity index (χ1n) is 10.1. The van der Waals surface area contributed by atoms with Crippen LogP contribution >= 0.6 is 11.8 Å². The number of aliphatic carboxylic acids is 1. The molecule has 0 aromatic carbocycles. The van der Waals surface area contributed by atoms with E-state index in [2.05, 4.69) is 20.9 Å². The zero-order chi connectivity index (χ0) is 25.6. The second-order valence-corrected chi connectivity index (χ2v) is 8.18. The van der Waals surface area contributed by atoms with Gasteiger partial charge in [-0.3, -0.25) is 24.2 Å². The van der Waals surface area contributed by atoms with Crippen molar-refractivity contribution in [1.29, 1.82) is 0 Å². The third-order valence-corrected chi connectivity index (χ3v) is 4.96. The number of nitrogens with one attached hydrogen (secondary N) is 3. The van der Waals surface area contributed by atoms with Crippen molar-refractivity contribution in [2.75, 3.05) is 18.6 Å². The smallest absolute Gasteiger partial charge is 0.326 e. The van der Waals surface area contributed by atoms with Crippen molar-refractivity contribution in [2.45, 2.75) is 56.8 Å². The molecule has 4 atom stereocenters. The zero-order valence-corrected chi connectivity index (χ0v) is 19.5. The van der Waals surface area contributed by atoms with Gasteiger partial charge in [-0.1, -0.05) is 0 Å². The van der Waals surface area contributed by atoms with Crippen LogP contribution in [0.1, 0.15) is 32.6 Å². The molecule has 12 N–H and O–H groups in total. The summed E-state index contributed by atoms with van der Waals surface area (Å²) in [4.78, 5) is 63.4. The summed E-state index contributed by atoms with van der Waals surface area (Å²) in [5.74, 6) is -3.90. The summed E-state index contributed by atoms with van der Waals surface area (Å²) in [6.07, 6.45) is 2.16. The molecule has 0 aliphatic rings. The highest BCUT2D eigenvalue weighted by atomic mass is 32.2. The molecule has 0 fully saturated rings. The Kier molecular flexibility index (Phi) is 14.2. The molecule has 0 aromatic rings. The Labute approximate surface area is 196 Å². The normalized spacial score (nSPS) is 14.2. The summed E-state index contributed by atoms with van der Waals surface area (Å²) in [7, 11) is 0. The van der Waals surface area contributed by atoms with Gasteiger partial charge in [-0.25, -0.2) is 4.79 Å². The lowest BCUT2D eigenvalue weighted by atomic mass is 10.1. The monoisotopic (exact) mass is 490 g/mol. The van der Waals surface area contributed by atoms with Gasteiger partial charge in [0, 0.05) is 6.54 Å². The standard InChI is InChI=1S/C18H34N8O6S/c1-9(14(28)26-12(17(31)32)8-13(20)27)24-16(30)11(4-3-6-23-18(21)22)25-15(29)10(19)5-7-33-2/h9-12H,3-8,19H2,1-2H3,(H2,20,27)(H,24,30)(H,25,29)(H,26,28)(H,31,32)(H4,21,22,23). The Morgan fingerprint density at radius 2 is 1.55 bits per heavy atom. The van der Waals surface area contributed by atoms with Gasteiger partial charge in [0.15, 0.2) is 5.96 Å². The van der Waals surface area contributed by atoms with Gasteiger partial charge in [-0.05, 0) is 38.2 Å². The van der Waals surface area contributed by atoms with Gasteiger partial charge in [-0.15, -0.1) is 0 Å². The number of hydrogen-bond acceptors (Lipinski definition) is 8. The largest absolute Gasteiger partial charge is 0.480 e. The van der Waals surface area contributed by atoms with Crippen LogP contribution in [0.4, 0.5) is 0 Å². The lowest BCUT2D eigenvalue weighted by Gasteiger charge is -2.23. The number of guanidine groups is 1. The average Bonchev–Trinajstić information content (AvgIpc) is 2.72. The van der Waals surface area contributed by atoms with E-state index in [4.69, 9.17) is 28.0 Å². The third kappa shape index (κ3) is 13.2. The van der Waals surface area contributed by atoms with Gasteiger partial charge in [0.2, 0.25) is 23.6 Å². The Morgan fingerprint density at radius 1 is 0.939 bits per heavy atom. The van der Waals surface area contributed by atoms with Gasteiger partial charge in [0.05, 0.1) is 12.5 Å². The lowest BCUT2D eigenvalue weighted by molar-refractivity contribution is -0.143. The summed E-state index contributed by atoms with van der Waals surface area (Å²) in [6, 6.07) is -4.58. The highest BCUT2D eigenvalue weighted by Crippen LogP contribution is 2.04. The van der Waals surface area contributed by atoms with E-state index in [1.165, 1.54) is 18.7 Å². The van der Waals surface area contributed by atoms with Crippen molar-refractivity contribution in [2.24, 2.45) is 27.9 Å². The van der Waals surface area contributed by atoms with Crippen molar-refractivity contribution in [3.8, 4) is 0 Å². The summed E-state index contributed by atoms with van der Waals surface area (Å²) in [6.45, 7) is 1.53. The van der Waals surface area contributed by atoms with Crippen LogP contribution in [0, 0.1) is 0 Å². The van der Waals surface area contributed by atoms with Gasteiger partial charge in [-0.2, -0.15) is 11.8 Å². The number of carbonyl (C=O) groups is 5. The average molecular weight is 491 g/mol. The molecule has 15 heteroatoms. The number of nitrogens with zero attached hydrogens (tertiary/aromatic N) is 1. The zero-order valence-electron chi connectivity index (χ0n) is 18.7. The molecule has 0 spiro atoms. The molecular formula is C18H34N8O6S. The van der Waals surface area contributed by atoms with E-state index in [1.807, 2.05) is 6.26 Å². The fourth-order valence-electron chi connectivity index (χ4n) is 2.50. The van der Waals surface area contributed by atoms with Crippen molar-refractivity contribution in [1.82, 2.24) is 16.0 Å². The van der Waals surface area contributed by atoms with Crippen LogP contribution in [0.25, 0.3) is 0 Å². The number of hydrogen-bond donors (Lipinski definition) is 8. The minimum atomic E-state index is -1.54. The highest BCUT2D eigenvalue weighted by Gasteiger charge is 2.28. The van der Waals surface area contributed by atoms with E-state index in [0.29, 0.717) is 18.6 Å². The number of carboxylic acids is 1. The number of thioether (sulfide) groups is 1. The van der Waals surface area contributed by atoms with Crippen LogP contribution < -0.4 is 38.9 Å². The van der Waals surface area contributed by atoms with Crippen LogP contribution in [-0.4, -0.2) is 83.4 Å². The second kappa shape index (κ2) is 15.7. The fraction of sp³-hybridized carbons (Fsp3) is 0.667. The van der Waals surface area contributed by atoms with Crippen molar-refractivity contribution >= 4 is 47.3 Å². The van der Waals surface area contributed by atoms with Gasteiger partial charge in [0.25, 0.3) is 0 Å². The topological polar surface area (TPSA) is 258 Å². The van der Waals surface area contributed by atoms with E-state index in [9.17, 15) is 24.0 Å². The lowest BCUT2D eigenvalue weighted by Crippen LogP contribution is -2.56. The molecule has 4 unspecified atom stereocenters. The maximum Gasteiger partial charge on any atom is 0.326 e. The maximum absolute atomic E-state index is 12.7. The summed E-state index contributed by atoms with van der Waals surface area (Å²) in [5.41, 5.74) is 21.4. The molecule has 0 saturated carbocycles. The maximum atomic E-state index is 12.7. The predicted octanol–water partition coefficient (Wildman–Crippen LogP) is -3.45. The van der Waals surface area contributed by atoms with Crippen LogP contribution in [0.3, 0.4) is 0 Å². The van der Waals surface area contributed by atoms with Gasteiger partial charge in [0.1, 0.15) is 18.1 Å². The molecule has 14 nitrogen and oxygen atoms in total. The second-order valence-electron chi connectivity index (χ2n) is 7.20. The third-order valence-electron chi connectivity index (χ3n) is 4.32. The molecule has 0 aliphatic carbocycles. The highest BCUT2D eigenvalue weighted by molar-refractivity contribution is 7.98. The number of nitrogens with two attached hydrogens (primary N) is 4. The molecule has 4 amide bonds. The first-order valence-corrected chi connectivity index (χ1v) is 11.5. The van der Waals surface area contributed by atoms with Crippen LogP contribution in [0.15, 0.2) is 4.99 Å². The summed E-state index contributed by atoms with van der Waals surface area (Å²) in [5, 5.41) is 16.2. The Bertz CT molecular complexity index is 731. The molecule has 0 rings (SSSR count). The Hall–Kier alpha value is -3.07. The van der Waals surface area contributed by atoms with Crippen molar-refractivity contribution in [3.05, 3.63) is 0 Å². The molecule has 0 radical (unpaired) electrons. The molecule has 0 aromatic heterocycles. The van der Waals surface area contributed by atoms with E-state index in [1.54, 1.807) is 0 Å². The van der Waals surface area contributed by atoms with Crippen molar-refractivity contribution < 1.29 is 29.1 Å². The number of amides is 4. The van der Waals surface area contributed by atoms with Gasteiger partial charge < -0.3 is 44.0 Å². The minimum absolute atomic E-state index is 0.117. The number of rotatable bonds is 16. The van der Waals surface area contributed by atoms with E-state index in [-0.39, 0.29) is 18.9 Å². The molecule has 0 bridgehead atoms. The SMILES string of the molecule is CSCCC(N)C(=O)NC(CCCN=C(N)N)C(=O)NC(C)C(=O)NC(CC(N)=O)C(=O)O. The quantitative estimate of drug-likeness (QED) is 0.0602. The molecule has 0 saturated heterocycles. The fourth-order valence-corrected chi connectivity index (χ4v) is 2.99. The first kappa shape index (κ1) is 29.9. The minimum Gasteiger partial charge on any atom is -0.480 e. The number of carbonyl (C=O) groups excluding carboxylic acids is 4.